The van der Waals surface area contributed by atoms with Crippen LogP contribution in [-0.2, 0) is 30.3 Å². The molecule has 0 radical (unpaired) electrons. The number of phenols is 1. The van der Waals surface area contributed by atoms with Crippen LogP contribution < -0.4 is 10.6 Å². The van der Waals surface area contributed by atoms with Crippen LogP contribution in [-0.4, -0.2) is 63.9 Å². The summed E-state index contributed by atoms with van der Waals surface area (Å²) < 4.78 is 6.37. The number of carbonyl (C=O) groups excluding carboxylic acids is 4. The first-order valence-electron chi connectivity index (χ1n) is 16.1. The van der Waals surface area contributed by atoms with Gasteiger partial charge in [0.1, 0.15) is 23.9 Å². The van der Waals surface area contributed by atoms with Gasteiger partial charge in [-0.2, -0.15) is 0 Å². The van der Waals surface area contributed by atoms with Crippen LogP contribution >= 0.6 is 15.9 Å². The molecule has 1 aliphatic rings. The number of hydrogen-bond donors (Lipinski definition) is 4. The molecule has 0 spiro atoms. The monoisotopic (exact) mass is 708 g/mol. The third kappa shape index (κ3) is 8.82. The van der Waals surface area contributed by atoms with Gasteiger partial charge in [0.25, 0.3) is 0 Å². The fourth-order valence-corrected chi connectivity index (χ4v) is 6.59. The first-order valence-corrected chi connectivity index (χ1v) is 16.9. The number of likely N-dealkylation sites (N-methyl/N-ethyl adjacent to an activating group) is 1. The fraction of sp³-hybridized carbons (Fsp3) is 0.444. The van der Waals surface area contributed by atoms with E-state index in [-0.39, 0.29) is 30.4 Å². The standard InChI is InChI=1S/C36H45BrN4O6/c1-7-32-21(3)14-20(2)15-22(4)34(44)39-23(5)36(46)41(6)30(17-25-19-38-28-11-9-8-10-26(25)28)35(45)40-29(18-33(43)47-32)24-12-13-31(42)27(37)16-24/h8-14,16,19,21-23,29-30,32,38,42H,7,15,17-18H2,1-6H3,(H,39,44)(H,40,45)/b20-14-/t21-,22-,23-,29?,30+,32+/m0/s1. The van der Waals surface area contributed by atoms with Gasteiger partial charge in [-0.05, 0) is 71.9 Å². The van der Waals surface area contributed by atoms with Crippen LogP contribution in [0.3, 0.4) is 0 Å². The number of cyclic esters (lactones) is 1. The molecule has 10 nitrogen and oxygen atoms in total. The molecule has 252 valence electrons. The average Bonchev–Trinajstić information content (AvgIpc) is 3.44. The Bertz CT molecular complexity index is 1650. The van der Waals surface area contributed by atoms with Gasteiger partial charge in [-0.3, -0.25) is 19.2 Å². The summed E-state index contributed by atoms with van der Waals surface area (Å²) in [5.41, 5.74) is 3.27. The predicted octanol–water partition coefficient (Wildman–Crippen LogP) is 5.70. The molecule has 0 bridgehead atoms. The Hall–Kier alpha value is -4.12. The number of ether oxygens (including phenoxy) is 1. The number of benzene rings is 2. The number of aromatic amines is 1. The third-order valence-electron chi connectivity index (χ3n) is 8.89. The minimum atomic E-state index is -0.995. The molecule has 1 unspecified atom stereocenters. The summed E-state index contributed by atoms with van der Waals surface area (Å²) in [6.45, 7) is 9.28. The van der Waals surface area contributed by atoms with Gasteiger partial charge >= 0.3 is 5.97 Å². The minimum Gasteiger partial charge on any atom is -0.507 e. The van der Waals surface area contributed by atoms with Gasteiger partial charge in [-0.15, -0.1) is 0 Å². The lowest BCUT2D eigenvalue weighted by atomic mass is 9.94. The Kier molecular flexibility index (Phi) is 11.9. The molecular formula is C36H45BrN4O6. The van der Waals surface area contributed by atoms with Crippen LogP contribution in [0.15, 0.2) is 64.8 Å². The number of nitrogens with zero attached hydrogens (tertiary/aromatic N) is 1. The number of rotatable bonds is 4. The lowest BCUT2D eigenvalue weighted by molar-refractivity contribution is -0.152. The van der Waals surface area contributed by atoms with Crippen molar-refractivity contribution >= 4 is 50.5 Å². The van der Waals surface area contributed by atoms with Gasteiger partial charge in [0.2, 0.25) is 17.7 Å². The maximum Gasteiger partial charge on any atom is 0.308 e. The molecule has 2 aromatic carbocycles. The Labute approximate surface area is 284 Å². The van der Waals surface area contributed by atoms with Crippen LogP contribution in [0.2, 0.25) is 0 Å². The Balaban J connectivity index is 1.76. The lowest BCUT2D eigenvalue weighted by Crippen LogP contribution is -2.55. The van der Waals surface area contributed by atoms with Crippen LogP contribution in [0.1, 0.15) is 71.0 Å². The SMILES string of the molecule is CC[C@H]1OC(=O)CC(c2ccc(O)c(Br)c2)NC(=O)[C@@H](Cc2c[nH]c3ccccc23)N(C)C(=O)[C@H](C)NC(=O)[C@@H](C)C/C(C)=C\[C@@H]1C. The Morgan fingerprint density at radius 3 is 2.43 bits per heavy atom. The summed E-state index contributed by atoms with van der Waals surface area (Å²) in [6, 6.07) is 9.74. The molecule has 0 saturated heterocycles. The van der Waals surface area contributed by atoms with E-state index in [0.29, 0.717) is 22.9 Å². The molecule has 0 aliphatic carbocycles. The summed E-state index contributed by atoms with van der Waals surface area (Å²) in [6.07, 6.45) is 4.47. The molecule has 3 aromatic rings. The van der Waals surface area contributed by atoms with Crippen molar-refractivity contribution in [3.8, 4) is 5.75 Å². The van der Waals surface area contributed by atoms with Crippen molar-refractivity contribution in [2.45, 2.75) is 84.5 Å². The smallest absolute Gasteiger partial charge is 0.308 e. The number of aromatic nitrogens is 1. The van der Waals surface area contributed by atoms with Gasteiger partial charge in [-0.25, -0.2) is 0 Å². The molecule has 3 amide bonds. The molecule has 47 heavy (non-hydrogen) atoms. The van der Waals surface area contributed by atoms with Crippen molar-refractivity contribution < 1.29 is 29.0 Å². The number of phenolic OH excluding ortho intramolecular Hbond substituents is 1. The molecule has 0 fully saturated rings. The second-order valence-electron chi connectivity index (χ2n) is 12.6. The topological polar surface area (TPSA) is 141 Å². The summed E-state index contributed by atoms with van der Waals surface area (Å²) in [5.74, 6) is -2.20. The summed E-state index contributed by atoms with van der Waals surface area (Å²) in [7, 11) is 1.55. The van der Waals surface area contributed by atoms with Gasteiger partial charge in [0, 0.05) is 42.4 Å². The molecule has 4 N–H and O–H groups in total. The average molecular weight is 710 g/mol. The number of nitrogens with one attached hydrogen (secondary N) is 3. The van der Waals surface area contributed by atoms with Crippen molar-refractivity contribution in [1.29, 1.82) is 0 Å². The lowest BCUT2D eigenvalue weighted by Gasteiger charge is -2.32. The van der Waals surface area contributed by atoms with E-state index in [1.165, 1.54) is 11.0 Å². The van der Waals surface area contributed by atoms with Gasteiger partial charge in [0.15, 0.2) is 0 Å². The summed E-state index contributed by atoms with van der Waals surface area (Å²) in [5, 5.41) is 16.9. The Morgan fingerprint density at radius 2 is 1.72 bits per heavy atom. The Morgan fingerprint density at radius 1 is 1.00 bits per heavy atom. The fourth-order valence-electron chi connectivity index (χ4n) is 6.20. The second-order valence-corrected chi connectivity index (χ2v) is 13.5. The maximum absolute atomic E-state index is 14.3. The number of amides is 3. The first-order chi connectivity index (χ1) is 22.3. The van der Waals surface area contributed by atoms with Gasteiger partial charge in [-0.1, -0.05) is 56.7 Å². The largest absolute Gasteiger partial charge is 0.507 e. The van der Waals surface area contributed by atoms with Crippen molar-refractivity contribution in [2.75, 3.05) is 7.05 Å². The highest BCUT2D eigenvalue weighted by Gasteiger charge is 2.34. The van der Waals surface area contributed by atoms with Crippen molar-refractivity contribution in [1.82, 2.24) is 20.5 Å². The van der Waals surface area contributed by atoms with E-state index in [1.54, 1.807) is 26.1 Å². The zero-order chi connectivity index (χ0) is 34.4. The zero-order valence-electron chi connectivity index (χ0n) is 27.8. The maximum atomic E-state index is 14.3. The number of fused-ring (bicyclic) bond motifs is 1. The molecule has 4 rings (SSSR count). The summed E-state index contributed by atoms with van der Waals surface area (Å²) in [4.78, 5) is 59.3. The van der Waals surface area contributed by atoms with Crippen LogP contribution in [0.4, 0.5) is 0 Å². The second kappa shape index (κ2) is 15.6. The number of H-pyrrole nitrogens is 1. The number of allylic oxidation sites excluding steroid dienone is 1. The van der Waals surface area contributed by atoms with E-state index in [2.05, 4.69) is 31.5 Å². The quantitative estimate of drug-likeness (QED) is 0.202. The van der Waals surface area contributed by atoms with Crippen LogP contribution in [0, 0.1) is 11.8 Å². The van der Waals surface area contributed by atoms with Gasteiger partial charge in [0.05, 0.1) is 16.9 Å². The number of esters is 1. The summed E-state index contributed by atoms with van der Waals surface area (Å²) >= 11 is 3.34. The minimum absolute atomic E-state index is 0.0118. The van der Waals surface area contributed by atoms with E-state index in [0.717, 1.165) is 22.0 Å². The number of halogens is 1. The predicted molar refractivity (Wildman–Crippen MR) is 184 cm³/mol. The van der Waals surface area contributed by atoms with E-state index >= 15 is 0 Å². The van der Waals surface area contributed by atoms with E-state index in [9.17, 15) is 24.3 Å². The van der Waals surface area contributed by atoms with Crippen molar-refractivity contribution in [2.24, 2.45) is 11.8 Å². The van der Waals surface area contributed by atoms with Gasteiger partial charge < -0.3 is 30.4 Å². The molecule has 11 heteroatoms. The highest BCUT2D eigenvalue weighted by Crippen LogP contribution is 2.30. The van der Waals surface area contributed by atoms with Crippen molar-refractivity contribution in [3.63, 3.8) is 0 Å². The highest BCUT2D eigenvalue weighted by molar-refractivity contribution is 9.10. The zero-order valence-corrected chi connectivity index (χ0v) is 29.4. The molecule has 2 heterocycles. The number of carbonyl (C=O) groups is 4. The molecule has 6 atom stereocenters. The van der Waals surface area contributed by atoms with Crippen LogP contribution in [0.25, 0.3) is 10.9 Å². The van der Waals surface area contributed by atoms with Crippen LogP contribution in [0.5, 0.6) is 5.75 Å². The molecule has 1 aromatic heterocycles. The highest BCUT2D eigenvalue weighted by atomic mass is 79.9. The van der Waals surface area contributed by atoms with Crippen molar-refractivity contribution in [3.05, 3.63) is 75.9 Å². The first kappa shape index (κ1) is 35.7. The van der Waals surface area contributed by atoms with E-state index in [1.807, 2.05) is 64.2 Å². The number of hydrogen-bond acceptors (Lipinski definition) is 6. The normalized spacial score (nSPS) is 26.9. The third-order valence-corrected chi connectivity index (χ3v) is 9.53. The molecular weight excluding hydrogens is 664 g/mol. The van der Waals surface area contributed by atoms with E-state index in [4.69, 9.17) is 4.74 Å². The molecule has 1 aliphatic heterocycles. The van der Waals surface area contributed by atoms with E-state index < -0.39 is 47.9 Å². The number of para-hydroxylation sites is 1. The molecule has 0 saturated carbocycles. The number of aromatic hydroxyl groups is 1.